The van der Waals surface area contributed by atoms with Crippen LogP contribution in [0.25, 0.3) is 0 Å². The van der Waals surface area contributed by atoms with Crippen molar-refractivity contribution in [1.29, 1.82) is 0 Å². The number of hydrogen-bond acceptors (Lipinski definition) is 8. The standard InChI is InChI=1S/2C8H12O4/c1-3-6-5(8(10)12-6)4-7(9)11-2;1-3-5-6(12-8(5)10)4-7(9)11-2/h2*5-6H,3-4H2,1-2H3/t2*5-,6-/m10/s1. The fourth-order valence-corrected chi connectivity index (χ4v) is 2.50. The van der Waals surface area contributed by atoms with Crippen molar-refractivity contribution < 1.29 is 38.1 Å². The van der Waals surface area contributed by atoms with Gasteiger partial charge in [0.25, 0.3) is 0 Å². The molecule has 8 nitrogen and oxygen atoms in total. The van der Waals surface area contributed by atoms with Gasteiger partial charge in [0.2, 0.25) is 0 Å². The van der Waals surface area contributed by atoms with Crippen molar-refractivity contribution >= 4 is 23.9 Å². The van der Waals surface area contributed by atoms with Crippen LogP contribution in [0.3, 0.4) is 0 Å². The Labute approximate surface area is 140 Å². The molecular formula is C16H24O8. The van der Waals surface area contributed by atoms with Gasteiger partial charge in [-0.2, -0.15) is 0 Å². The minimum Gasteiger partial charge on any atom is -0.469 e. The summed E-state index contributed by atoms with van der Waals surface area (Å²) in [5.74, 6) is -1.55. The van der Waals surface area contributed by atoms with E-state index >= 15 is 0 Å². The molecule has 0 aromatic carbocycles. The Morgan fingerprint density at radius 3 is 1.75 bits per heavy atom. The first-order valence-corrected chi connectivity index (χ1v) is 7.92. The van der Waals surface area contributed by atoms with Crippen LogP contribution in [-0.2, 0) is 38.1 Å². The molecule has 2 fully saturated rings. The quantitative estimate of drug-likeness (QED) is 0.519. The molecule has 0 radical (unpaired) electrons. The Morgan fingerprint density at radius 2 is 1.33 bits per heavy atom. The van der Waals surface area contributed by atoms with Crippen molar-refractivity contribution in [2.24, 2.45) is 11.8 Å². The number of ether oxygens (including phenoxy) is 4. The molecule has 2 aliphatic heterocycles. The lowest BCUT2D eigenvalue weighted by atomic mass is 9.92. The Bertz CT molecular complexity index is 484. The van der Waals surface area contributed by atoms with Gasteiger partial charge in [-0.25, -0.2) is 0 Å². The minimum atomic E-state index is -0.352. The molecule has 2 aliphatic rings. The molecule has 2 saturated heterocycles. The third-order valence-electron chi connectivity index (χ3n) is 4.09. The molecule has 0 saturated carbocycles. The lowest BCUT2D eigenvalue weighted by Gasteiger charge is -2.33. The fraction of sp³-hybridized carbons (Fsp3) is 0.750. The summed E-state index contributed by atoms with van der Waals surface area (Å²) >= 11 is 0. The molecule has 8 heteroatoms. The Kier molecular flexibility index (Phi) is 7.67. The zero-order chi connectivity index (χ0) is 18.3. The zero-order valence-corrected chi connectivity index (χ0v) is 14.4. The van der Waals surface area contributed by atoms with Gasteiger partial charge in [0.1, 0.15) is 18.1 Å². The number of cyclic esters (lactones) is 2. The first-order valence-electron chi connectivity index (χ1n) is 7.92. The number of hydrogen-bond donors (Lipinski definition) is 0. The minimum absolute atomic E-state index is 0.0865. The SMILES string of the molecule is CC[C@@H]1C(=O)O[C@H]1CC(=O)OC.CC[C@H]1OC(=O)[C@@H]1CC(=O)OC. The third-order valence-corrected chi connectivity index (χ3v) is 4.09. The van der Waals surface area contributed by atoms with Gasteiger partial charge in [0.15, 0.2) is 0 Å². The first kappa shape index (κ1) is 19.9. The van der Waals surface area contributed by atoms with Gasteiger partial charge in [-0.05, 0) is 12.8 Å². The predicted molar refractivity (Wildman–Crippen MR) is 80.6 cm³/mol. The zero-order valence-electron chi connectivity index (χ0n) is 14.4. The van der Waals surface area contributed by atoms with E-state index in [0.29, 0.717) is 0 Å². The molecule has 24 heavy (non-hydrogen) atoms. The first-order chi connectivity index (χ1) is 11.4. The summed E-state index contributed by atoms with van der Waals surface area (Å²) in [6.45, 7) is 3.82. The molecule has 0 unspecified atom stereocenters. The van der Waals surface area contributed by atoms with Crippen molar-refractivity contribution in [3.8, 4) is 0 Å². The van der Waals surface area contributed by atoms with E-state index in [0.717, 1.165) is 12.8 Å². The highest BCUT2D eigenvalue weighted by Gasteiger charge is 2.43. The Hall–Kier alpha value is -2.12. The Balaban J connectivity index is 0.000000240. The van der Waals surface area contributed by atoms with Crippen molar-refractivity contribution in [1.82, 2.24) is 0 Å². The normalized spacial score (nSPS) is 27.3. The smallest absolute Gasteiger partial charge is 0.313 e. The maximum absolute atomic E-state index is 10.8. The van der Waals surface area contributed by atoms with Gasteiger partial charge in [0.05, 0.1) is 33.0 Å². The number of carbonyl (C=O) groups excluding carboxylic acids is 4. The molecule has 0 aromatic rings. The summed E-state index contributed by atoms with van der Waals surface area (Å²) in [7, 11) is 2.64. The second-order valence-corrected chi connectivity index (χ2v) is 5.54. The highest BCUT2D eigenvalue weighted by molar-refractivity contribution is 5.84. The topological polar surface area (TPSA) is 105 Å². The van der Waals surface area contributed by atoms with Crippen molar-refractivity contribution in [2.75, 3.05) is 14.2 Å². The van der Waals surface area contributed by atoms with Gasteiger partial charge >= 0.3 is 23.9 Å². The number of carbonyl (C=O) groups is 4. The molecule has 136 valence electrons. The van der Waals surface area contributed by atoms with E-state index in [9.17, 15) is 19.2 Å². The van der Waals surface area contributed by atoms with Gasteiger partial charge in [0, 0.05) is 0 Å². The summed E-state index contributed by atoms with van der Waals surface area (Å²) in [6.07, 6.45) is 1.47. The van der Waals surface area contributed by atoms with E-state index in [4.69, 9.17) is 9.47 Å². The molecule has 0 amide bonds. The molecule has 0 aliphatic carbocycles. The van der Waals surface area contributed by atoms with Crippen molar-refractivity contribution in [3.63, 3.8) is 0 Å². The lowest BCUT2D eigenvalue weighted by molar-refractivity contribution is -0.188. The number of methoxy groups -OCH3 is 2. The molecule has 0 aromatic heterocycles. The molecule has 0 N–H and O–H groups in total. The van der Waals surface area contributed by atoms with Crippen LogP contribution >= 0.6 is 0 Å². The van der Waals surface area contributed by atoms with E-state index in [-0.39, 0.29) is 60.8 Å². The summed E-state index contributed by atoms with van der Waals surface area (Å²) in [4.78, 5) is 43.2. The van der Waals surface area contributed by atoms with Crippen LogP contribution in [0, 0.1) is 11.8 Å². The van der Waals surface area contributed by atoms with E-state index in [1.807, 2.05) is 13.8 Å². The maximum atomic E-state index is 10.8. The lowest BCUT2D eigenvalue weighted by Crippen LogP contribution is -2.45. The molecule has 4 atom stereocenters. The summed E-state index contributed by atoms with van der Waals surface area (Å²) in [6, 6.07) is 0. The predicted octanol–water partition coefficient (Wildman–Crippen LogP) is 1.00. The van der Waals surface area contributed by atoms with Crippen LogP contribution < -0.4 is 0 Å². The van der Waals surface area contributed by atoms with Crippen molar-refractivity contribution in [3.05, 3.63) is 0 Å². The average Bonchev–Trinajstić information content (AvgIpc) is 2.57. The monoisotopic (exact) mass is 344 g/mol. The second-order valence-electron chi connectivity index (χ2n) is 5.54. The van der Waals surface area contributed by atoms with Crippen molar-refractivity contribution in [2.45, 2.75) is 51.7 Å². The third kappa shape index (κ3) is 4.94. The molecule has 0 spiro atoms. The van der Waals surface area contributed by atoms with Gasteiger partial charge in [-0.15, -0.1) is 0 Å². The van der Waals surface area contributed by atoms with Crippen LogP contribution in [0.5, 0.6) is 0 Å². The molecular weight excluding hydrogens is 320 g/mol. The highest BCUT2D eigenvalue weighted by Crippen LogP contribution is 2.28. The van der Waals surface area contributed by atoms with Gasteiger partial charge in [-0.1, -0.05) is 13.8 Å². The summed E-state index contributed by atoms with van der Waals surface area (Å²) in [5, 5.41) is 0. The van der Waals surface area contributed by atoms with Gasteiger partial charge in [-0.3, -0.25) is 19.2 Å². The number of esters is 4. The molecule has 2 heterocycles. The summed E-state index contributed by atoms with van der Waals surface area (Å²) in [5.41, 5.74) is 0. The van der Waals surface area contributed by atoms with Crippen LogP contribution in [-0.4, -0.2) is 50.3 Å². The van der Waals surface area contributed by atoms with Crippen LogP contribution in [0.1, 0.15) is 39.5 Å². The molecule has 2 rings (SSSR count). The van der Waals surface area contributed by atoms with E-state index in [2.05, 4.69) is 9.47 Å². The van der Waals surface area contributed by atoms with E-state index in [1.54, 1.807) is 0 Å². The highest BCUT2D eigenvalue weighted by atomic mass is 16.6. The van der Waals surface area contributed by atoms with E-state index in [1.165, 1.54) is 14.2 Å². The largest absolute Gasteiger partial charge is 0.469 e. The van der Waals surface area contributed by atoms with Crippen LogP contribution in [0.4, 0.5) is 0 Å². The van der Waals surface area contributed by atoms with E-state index < -0.39 is 0 Å². The van der Waals surface area contributed by atoms with Crippen LogP contribution in [0.2, 0.25) is 0 Å². The maximum Gasteiger partial charge on any atom is 0.313 e. The van der Waals surface area contributed by atoms with Gasteiger partial charge < -0.3 is 18.9 Å². The Morgan fingerprint density at radius 1 is 0.833 bits per heavy atom. The average molecular weight is 344 g/mol. The summed E-state index contributed by atoms with van der Waals surface area (Å²) < 4.78 is 18.5. The fourth-order valence-electron chi connectivity index (χ4n) is 2.50. The second kappa shape index (κ2) is 9.24. The number of rotatable bonds is 6. The van der Waals surface area contributed by atoms with Crippen LogP contribution in [0.15, 0.2) is 0 Å². The molecule has 0 bridgehead atoms.